The van der Waals surface area contributed by atoms with Gasteiger partial charge in [-0.1, -0.05) is 12.1 Å². The Hall–Kier alpha value is -2.89. The van der Waals surface area contributed by atoms with Gasteiger partial charge in [0.2, 0.25) is 5.91 Å². The highest BCUT2D eigenvalue weighted by Gasteiger charge is 2.30. The van der Waals surface area contributed by atoms with Crippen LogP contribution < -0.4 is 15.5 Å². The second kappa shape index (κ2) is 8.64. The van der Waals surface area contributed by atoms with Gasteiger partial charge in [-0.25, -0.2) is 4.39 Å². The number of piperidine rings is 1. The fourth-order valence-corrected chi connectivity index (χ4v) is 3.71. The first kappa shape index (κ1) is 19.4. The zero-order chi connectivity index (χ0) is 20.2. The van der Waals surface area contributed by atoms with Gasteiger partial charge in [0.05, 0.1) is 11.3 Å². The molecule has 1 heterocycles. The topological polar surface area (TPSA) is 61.4 Å². The summed E-state index contributed by atoms with van der Waals surface area (Å²) >= 11 is 0. The van der Waals surface area contributed by atoms with Crippen LogP contribution in [-0.2, 0) is 11.3 Å². The van der Waals surface area contributed by atoms with Crippen molar-refractivity contribution >= 4 is 23.2 Å². The quantitative estimate of drug-likeness (QED) is 0.774. The standard InChI is InChI=1S/C23H26FN3O2/c24-18-6-4-5-16(13-18)15-25-23(29)20-10-9-19(26-22(28)17-7-8-17)14-21(20)27-11-2-1-3-12-27/h4-6,9-10,13-14,17H,1-3,7-8,11-12,15H2,(H,25,29)(H,26,28). The van der Waals surface area contributed by atoms with Crippen LogP contribution in [-0.4, -0.2) is 24.9 Å². The third-order valence-electron chi connectivity index (χ3n) is 5.50. The molecule has 1 saturated heterocycles. The zero-order valence-corrected chi connectivity index (χ0v) is 16.4. The first-order chi connectivity index (χ1) is 14.1. The summed E-state index contributed by atoms with van der Waals surface area (Å²) in [5.74, 6) is -0.336. The molecule has 0 atom stereocenters. The molecule has 2 aromatic rings. The van der Waals surface area contributed by atoms with Crippen LogP contribution in [0.2, 0.25) is 0 Å². The molecule has 0 spiro atoms. The Morgan fingerprint density at radius 1 is 1.03 bits per heavy atom. The van der Waals surface area contributed by atoms with Crippen molar-refractivity contribution in [1.29, 1.82) is 0 Å². The molecule has 4 rings (SSSR count). The van der Waals surface area contributed by atoms with Crippen LogP contribution in [0.25, 0.3) is 0 Å². The lowest BCUT2D eigenvalue weighted by molar-refractivity contribution is -0.117. The smallest absolute Gasteiger partial charge is 0.253 e. The lowest BCUT2D eigenvalue weighted by atomic mass is 10.1. The molecule has 1 aliphatic carbocycles. The Morgan fingerprint density at radius 3 is 2.55 bits per heavy atom. The summed E-state index contributed by atoms with van der Waals surface area (Å²) in [5, 5.41) is 5.87. The number of benzene rings is 2. The van der Waals surface area contributed by atoms with Crippen molar-refractivity contribution in [1.82, 2.24) is 5.32 Å². The van der Waals surface area contributed by atoms with E-state index >= 15 is 0 Å². The number of amides is 2. The third kappa shape index (κ3) is 4.94. The van der Waals surface area contributed by atoms with E-state index < -0.39 is 0 Å². The van der Waals surface area contributed by atoms with E-state index in [1.807, 2.05) is 6.07 Å². The molecule has 2 N–H and O–H groups in total. The normalized spacial score (nSPS) is 16.4. The van der Waals surface area contributed by atoms with Gasteiger partial charge in [0, 0.05) is 31.2 Å². The van der Waals surface area contributed by atoms with Gasteiger partial charge in [0.25, 0.3) is 5.91 Å². The molecule has 5 nitrogen and oxygen atoms in total. The Morgan fingerprint density at radius 2 is 1.83 bits per heavy atom. The molecule has 6 heteroatoms. The molecule has 0 radical (unpaired) electrons. The predicted octanol–water partition coefficient (Wildman–Crippen LogP) is 4.09. The first-order valence-electron chi connectivity index (χ1n) is 10.3. The van der Waals surface area contributed by atoms with Gasteiger partial charge in [0.15, 0.2) is 0 Å². The number of carbonyl (C=O) groups excluding carboxylic acids is 2. The average Bonchev–Trinajstić information content (AvgIpc) is 3.58. The van der Waals surface area contributed by atoms with E-state index in [4.69, 9.17) is 0 Å². The Labute approximate surface area is 170 Å². The van der Waals surface area contributed by atoms with E-state index in [2.05, 4.69) is 15.5 Å². The summed E-state index contributed by atoms with van der Waals surface area (Å²) in [6, 6.07) is 11.7. The minimum absolute atomic E-state index is 0.0536. The summed E-state index contributed by atoms with van der Waals surface area (Å²) in [4.78, 5) is 27.2. The summed E-state index contributed by atoms with van der Waals surface area (Å²) in [5.41, 5.74) is 2.86. The molecule has 1 aliphatic heterocycles. The van der Waals surface area contributed by atoms with Gasteiger partial charge in [-0.05, 0) is 68.0 Å². The minimum Gasteiger partial charge on any atom is -0.371 e. The maximum atomic E-state index is 13.4. The van der Waals surface area contributed by atoms with Crippen molar-refractivity contribution in [2.75, 3.05) is 23.3 Å². The van der Waals surface area contributed by atoms with E-state index in [1.165, 1.54) is 18.6 Å². The Balaban J connectivity index is 1.53. The molecule has 29 heavy (non-hydrogen) atoms. The van der Waals surface area contributed by atoms with E-state index in [-0.39, 0.29) is 30.1 Å². The zero-order valence-electron chi connectivity index (χ0n) is 16.4. The Kier molecular flexibility index (Phi) is 5.79. The monoisotopic (exact) mass is 395 g/mol. The van der Waals surface area contributed by atoms with Gasteiger partial charge >= 0.3 is 0 Å². The summed E-state index contributed by atoms with van der Waals surface area (Å²) in [7, 11) is 0. The molecule has 0 aromatic heterocycles. The van der Waals surface area contributed by atoms with Crippen LogP contribution in [0.3, 0.4) is 0 Å². The number of anilines is 2. The van der Waals surface area contributed by atoms with Crippen LogP contribution in [0.5, 0.6) is 0 Å². The molecular weight excluding hydrogens is 369 g/mol. The van der Waals surface area contributed by atoms with Gasteiger partial charge < -0.3 is 15.5 Å². The molecule has 2 aromatic carbocycles. The third-order valence-corrected chi connectivity index (χ3v) is 5.50. The van der Waals surface area contributed by atoms with Gasteiger partial charge in [-0.2, -0.15) is 0 Å². The number of hydrogen-bond donors (Lipinski definition) is 2. The number of nitrogens with one attached hydrogen (secondary N) is 2. The maximum absolute atomic E-state index is 13.4. The first-order valence-corrected chi connectivity index (χ1v) is 10.3. The number of hydrogen-bond acceptors (Lipinski definition) is 3. The van der Waals surface area contributed by atoms with Crippen LogP contribution >= 0.6 is 0 Å². The summed E-state index contributed by atoms with van der Waals surface area (Å²) < 4.78 is 13.4. The predicted molar refractivity (Wildman–Crippen MR) is 111 cm³/mol. The van der Waals surface area contributed by atoms with Crippen molar-refractivity contribution in [2.24, 2.45) is 5.92 Å². The molecule has 2 aliphatic rings. The van der Waals surface area contributed by atoms with Crippen molar-refractivity contribution in [3.8, 4) is 0 Å². The van der Waals surface area contributed by atoms with E-state index in [1.54, 1.807) is 24.3 Å². The molecular formula is C23H26FN3O2. The van der Waals surface area contributed by atoms with Crippen LogP contribution in [0.1, 0.15) is 48.0 Å². The lowest BCUT2D eigenvalue weighted by Crippen LogP contribution is -2.33. The SMILES string of the molecule is O=C(NCc1cccc(F)c1)c1ccc(NC(=O)C2CC2)cc1N1CCCCC1. The largest absolute Gasteiger partial charge is 0.371 e. The van der Waals surface area contributed by atoms with Gasteiger partial charge in [-0.3, -0.25) is 9.59 Å². The molecule has 1 saturated carbocycles. The van der Waals surface area contributed by atoms with E-state index in [0.717, 1.165) is 50.1 Å². The second-order valence-electron chi connectivity index (χ2n) is 7.86. The van der Waals surface area contributed by atoms with Crippen molar-refractivity contribution in [3.63, 3.8) is 0 Å². The van der Waals surface area contributed by atoms with E-state index in [0.29, 0.717) is 11.1 Å². The van der Waals surface area contributed by atoms with Crippen LogP contribution in [0.4, 0.5) is 15.8 Å². The van der Waals surface area contributed by atoms with Crippen molar-refractivity contribution in [3.05, 3.63) is 59.4 Å². The lowest BCUT2D eigenvalue weighted by Gasteiger charge is -2.30. The average molecular weight is 395 g/mol. The summed E-state index contributed by atoms with van der Waals surface area (Å²) in [6.45, 7) is 2.05. The van der Waals surface area contributed by atoms with Crippen molar-refractivity contribution < 1.29 is 14.0 Å². The minimum atomic E-state index is -0.318. The number of carbonyl (C=O) groups is 2. The summed E-state index contributed by atoms with van der Waals surface area (Å²) in [6.07, 6.45) is 5.26. The number of nitrogens with zero attached hydrogens (tertiary/aromatic N) is 1. The maximum Gasteiger partial charge on any atom is 0.253 e. The highest BCUT2D eigenvalue weighted by Crippen LogP contribution is 2.32. The fraction of sp³-hybridized carbons (Fsp3) is 0.391. The van der Waals surface area contributed by atoms with E-state index in [9.17, 15) is 14.0 Å². The van der Waals surface area contributed by atoms with Crippen LogP contribution in [0, 0.1) is 11.7 Å². The molecule has 2 amide bonds. The molecule has 152 valence electrons. The van der Waals surface area contributed by atoms with Gasteiger partial charge in [-0.15, -0.1) is 0 Å². The second-order valence-corrected chi connectivity index (χ2v) is 7.86. The number of halogens is 1. The molecule has 2 fully saturated rings. The fourth-order valence-electron chi connectivity index (χ4n) is 3.71. The highest BCUT2D eigenvalue weighted by atomic mass is 19.1. The van der Waals surface area contributed by atoms with Crippen LogP contribution in [0.15, 0.2) is 42.5 Å². The molecule has 0 unspecified atom stereocenters. The van der Waals surface area contributed by atoms with Crippen molar-refractivity contribution in [2.45, 2.75) is 38.6 Å². The Bertz CT molecular complexity index is 905. The number of rotatable bonds is 6. The highest BCUT2D eigenvalue weighted by molar-refractivity contribution is 6.02. The molecule has 0 bridgehead atoms. The van der Waals surface area contributed by atoms with Gasteiger partial charge in [0.1, 0.15) is 5.82 Å².